The van der Waals surface area contributed by atoms with E-state index in [1.54, 1.807) is 0 Å². The van der Waals surface area contributed by atoms with Crippen LogP contribution in [0.1, 0.15) is 37.9 Å². The van der Waals surface area contributed by atoms with Gasteiger partial charge in [0, 0.05) is 5.54 Å². The van der Waals surface area contributed by atoms with E-state index in [4.69, 9.17) is 12.2 Å². The number of hydrogen-bond donors (Lipinski definition) is 1. The molecule has 0 saturated heterocycles. The zero-order valence-corrected chi connectivity index (χ0v) is 17.8. The number of aromatic nitrogens is 2. The van der Waals surface area contributed by atoms with E-state index < -0.39 is 0 Å². The molecule has 1 aromatic heterocycles. The first-order chi connectivity index (χ1) is 12.8. The molecule has 0 bridgehead atoms. The second kappa shape index (κ2) is 8.33. The first-order valence-corrected chi connectivity index (χ1v) is 10.2. The van der Waals surface area contributed by atoms with Crippen molar-refractivity contribution in [3.63, 3.8) is 0 Å². The Morgan fingerprint density at radius 3 is 2.04 bits per heavy atom. The van der Waals surface area contributed by atoms with Crippen molar-refractivity contribution in [3.8, 4) is 0 Å². The average molecular weight is 399 g/mol. The molecule has 2 aromatic carbocycles. The first-order valence-electron chi connectivity index (χ1n) is 9.00. The minimum atomic E-state index is -0.0417. The van der Waals surface area contributed by atoms with Gasteiger partial charge in [0.15, 0.2) is 3.95 Å². The van der Waals surface area contributed by atoms with E-state index in [0.717, 1.165) is 9.09 Å². The zero-order valence-electron chi connectivity index (χ0n) is 16.2. The van der Waals surface area contributed by atoms with Gasteiger partial charge in [-0.3, -0.25) is 4.90 Å². The molecule has 3 aromatic rings. The summed E-state index contributed by atoms with van der Waals surface area (Å²) in [6.07, 6.45) is 0. The fourth-order valence-electron chi connectivity index (χ4n) is 3.03. The van der Waals surface area contributed by atoms with Crippen LogP contribution in [0.4, 0.5) is 5.13 Å². The van der Waals surface area contributed by atoms with E-state index in [2.05, 4.69) is 91.7 Å². The van der Waals surface area contributed by atoms with Crippen LogP contribution in [-0.4, -0.2) is 27.3 Å². The van der Waals surface area contributed by atoms with Crippen molar-refractivity contribution in [2.75, 3.05) is 12.4 Å². The Labute approximate surface area is 170 Å². The summed E-state index contributed by atoms with van der Waals surface area (Å²) in [6.45, 7) is 6.98. The highest BCUT2D eigenvalue weighted by Crippen LogP contribution is 2.28. The van der Waals surface area contributed by atoms with Crippen LogP contribution in [0, 0.1) is 3.95 Å². The summed E-state index contributed by atoms with van der Waals surface area (Å²) in [5.74, 6) is 0. The molecular weight excluding hydrogens is 372 g/mol. The van der Waals surface area contributed by atoms with Crippen molar-refractivity contribution in [1.82, 2.24) is 14.7 Å². The standard InChI is InChI=1S/C21H26N4S2/c1-21(2,3)22-19-23-25(20(26)27-19)15-24(4)18(16-11-7-5-8-12-16)17-13-9-6-10-14-17/h5-14,18H,15H2,1-4H3,(H,22,23). The normalized spacial score (nSPS) is 11.9. The summed E-state index contributed by atoms with van der Waals surface area (Å²) < 4.78 is 2.67. The molecule has 1 heterocycles. The SMILES string of the molecule is CN(Cn1nc(NC(C)(C)C)sc1=S)C(c1ccccc1)c1ccccc1. The highest BCUT2D eigenvalue weighted by Gasteiger charge is 2.20. The first kappa shape index (κ1) is 19.7. The molecule has 0 spiro atoms. The van der Waals surface area contributed by atoms with Crippen LogP contribution in [0.2, 0.25) is 0 Å². The van der Waals surface area contributed by atoms with Crippen LogP contribution in [0.25, 0.3) is 0 Å². The number of hydrogen-bond acceptors (Lipinski definition) is 5. The summed E-state index contributed by atoms with van der Waals surface area (Å²) in [5.41, 5.74) is 2.46. The second-order valence-corrected chi connectivity index (χ2v) is 9.29. The molecule has 0 aliphatic heterocycles. The van der Waals surface area contributed by atoms with E-state index in [0.29, 0.717) is 6.67 Å². The monoisotopic (exact) mass is 398 g/mol. The molecule has 27 heavy (non-hydrogen) atoms. The maximum absolute atomic E-state index is 5.55. The lowest BCUT2D eigenvalue weighted by Gasteiger charge is -2.28. The fourth-order valence-corrected chi connectivity index (χ4v) is 4.23. The van der Waals surface area contributed by atoms with Gasteiger partial charge in [0.2, 0.25) is 5.13 Å². The van der Waals surface area contributed by atoms with Crippen molar-refractivity contribution in [3.05, 3.63) is 75.7 Å². The highest BCUT2D eigenvalue weighted by molar-refractivity contribution is 7.73. The molecule has 1 N–H and O–H groups in total. The minimum Gasteiger partial charge on any atom is -0.356 e. The predicted molar refractivity (Wildman–Crippen MR) is 117 cm³/mol. The number of rotatable bonds is 6. The van der Waals surface area contributed by atoms with E-state index in [1.807, 2.05) is 16.8 Å². The van der Waals surface area contributed by atoms with Crippen molar-refractivity contribution < 1.29 is 0 Å². The van der Waals surface area contributed by atoms with Crippen molar-refractivity contribution in [2.45, 2.75) is 39.0 Å². The molecule has 0 fully saturated rings. The third-order valence-corrected chi connectivity index (χ3v) is 5.34. The molecule has 6 heteroatoms. The van der Waals surface area contributed by atoms with E-state index in [-0.39, 0.29) is 11.6 Å². The number of anilines is 1. The van der Waals surface area contributed by atoms with Gasteiger partial charge in [-0.2, -0.15) is 0 Å². The molecule has 0 aliphatic carbocycles. The number of nitrogens with zero attached hydrogens (tertiary/aromatic N) is 3. The Morgan fingerprint density at radius 2 is 1.56 bits per heavy atom. The maximum Gasteiger partial charge on any atom is 0.205 e. The number of benzene rings is 2. The van der Waals surface area contributed by atoms with Gasteiger partial charge in [-0.1, -0.05) is 72.0 Å². The largest absolute Gasteiger partial charge is 0.356 e. The van der Waals surface area contributed by atoms with Gasteiger partial charge in [0.1, 0.15) is 0 Å². The minimum absolute atomic E-state index is 0.0417. The molecular formula is C21H26N4S2. The maximum atomic E-state index is 5.55. The molecule has 0 radical (unpaired) electrons. The van der Waals surface area contributed by atoms with Crippen molar-refractivity contribution in [1.29, 1.82) is 0 Å². The van der Waals surface area contributed by atoms with Gasteiger partial charge in [-0.15, -0.1) is 5.10 Å². The third-order valence-electron chi connectivity index (χ3n) is 4.12. The molecule has 0 amide bonds. The lowest BCUT2D eigenvalue weighted by Crippen LogP contribution is -2.29. The fraction of sp³-hybridized carbons (Fsp3) is 0.333. The van der Waals surface area contributed by atoms with Crippen molar-refractivity contribution >= 4 is 28.7 Å². The summed E-state index contributed by atoms with van der Waals surface area (Å²) in [7, 11) is 2.11. The topological polar surface area (TPSA) is 33.1 Å². The number of nitrogens with one attached hydrogen (secondary N) is 1. The second-order valence-electron chi connectivity index (χ2n) is 7.67. The molecule has 142 valence electrons. The Kier molecular flexibility index (Phi) is 6.09. The van der Waals surface area contributed by atoms with E-state index >= 15 is 0 Å². The molecule has 0 atom stereocenters. The summed E-state index contributed by atoms with van der Waals surface area (Å²) in [5, 5.41) is 8.95. The van der Waals surface area contributed by atoms with Crippen LogP contribution < -0.4 is 5.32 Å². The Morgan fingerprint density at radius 1 is 1.04 bits per heavy atom. The molecule has 0 aliphatic rings. The quantitative estimate of drug-likeness (QED) is 0.551. The smallest absolute Gasteiger partial charge is 0.205 e. The predicted octanol–water partition coefficient (Wildman–Crippen LogP) is 5.56. The van der Waals surface area contributed by atoms with Crippen LogP contribution in [0.5, 0.6) is 0 Å². The zero-order chi connectivity index (χ0) is 19.4. The molecule has 3 rings (SSSR count). The molecule has 4 nitrogen and oxygen atoms in total. The molecule has 0 saturated carbocycles. The van der Waals surface area contributed by atoms with Gasteiger partial charge >= 0.3 is 0 Å². The van der Waals surface area contributed by atoms with Gasteiger partial charge in [-0.25, -0.2) is 4.68 Å². The van der Waals surface area contributed by atoms with Gasteiger partial charge in [-0.05, 0) is 51.2 Å². The van der Waals surface area contributed by atoms with Gasteiger partial charge in [0.05, 0.1) is 12.7 Å². The van der Waals surface area contributed by atoms with Crippen LogP contribution in [0.15, 0.2) is 60.7 Å². The Bertz CT molecular complexity index is 871. The summed E-state index contributed by atoms with van der Waals surface area (Å²) >= 11 is 7.07. The van der Waals surface area contributed by atoms with E-state index in [9.17, 15) is 0 Å². The highest BCUT2D eigenvalue weighted by atomic mass is 32.1. The van der Waals surface area contributed by atoms with Gasteiger partial charge in [0.25, 0.3) is 0 Å². The molecule has 0 unspecified atom stereocenters. The van der Waals surface area contributed by atoms with Crippen LogP contribution in [-0.2, 0) is 6.67 Å². The lowest BCUT2D eigenvalue weighted by molar-refractivity contribution is 0.209. The summed E-state index contributed by atoms with van der Waals surface area (Å²) in [6, 6.07) is 21.2. The third kappa shape index (κ3) is 5.25. The Hall–Kier alpha value is -2.02. The van der Waals surface area contributed by atoms with Crippen molar-refractivity contribution in [2.24, 2.45) is 0 Å². The average Bonchev–Trinajstić information content (AvgIpc) is 2.94. The lowest BCUT2D eigenvalue weighted by atomic mass is 9.98. The van der Waals surface area contributed by atoms with Gasteiger partial charge < -0.3 is 5.32 Å². The summed E-state index contributed by atoms with van der Waals surface area (Å²) in [4.78, 5) is 2.28. The van der Waals surface area contributed by atoms with Crippen LogP contribution in [0.3, 0.4) is 0 Å². The van der Waals surface area contributed by atoms with E-state index in [1.165, 1.54) is 22.5 Å². The van der Waals surface area contributed by atoms with Crippen LogP contribution >= 0.6 is 23.6 Å². The Balaban J connectivity index is 1.88.